The smallest absolute Gasteiger partial charge is 0.240 e. The van der Waals surface area contributed by atoms with Gasteiger partial charge in [-0.25, -0.2) is 0 Å². The van der Waals surface area contributed by atoms with Crippen molar-refractivity contribution in [2.24, 2.45) is 0 Å². The molecule has 2 aromatic rings. The molecule has 126 valence electrons. The summed E-state index contributed by atoms with van der Waals surface area (Å²) in [6.45, 7) is 5.55. The van der Waals surface area contributed by atoms with Gasteiger partial charge in [-0.3, -0.25) is 19.7 Å². The maximum Gasteiger partial charge on any atom is 0.240 e. The Balaban J connectivity index is 1.62. The summed E-state index contributed by atoms with van der Waals surface area (Å²) in [5.74, 6) is 0.743. The Morgan fingerprint density at radius 2 is 2.38 bits per heavy atom. The van der Waals surface area contributed by atoms with Crippen LogP contribution in [0.2, 0.25) is 0 Å². The Bertz CT molecular complexity index is 757. The molecule has 24 heavy (non-hydrogen) atoms. The number of hydrogen-bond donors (Lipinski definition) is 1. The van der Waals surface area contributed by atoms with Crippen LogP contribution in [0.4, 0.5) is 5.88 Å². The minimum Gasteiger partial charge on any atom is -0.444 e. The van der Waals surface area contributed by atoms with Crippen LogP contribution in [0.1, 0.15) is 29.7 Å². The molecular weight excluding hydrogens is 306 g/mol. The maximum absolute atomic E-state index is 12.4. The first-order chi connectivity index (χ1) is 11.6. The van der Waals surface area contributed by atoms with Gasteiger partial charge in [-0.2, -0.15) is 10.4 Å². The molecule has 0 saturated carbocycles. The molecule has 7 nitrogen and oxygen atoms in total. The Morgan fingerprint density at radius 3 is 3.08 bits per heavy atom. The SMILES string of the molecule is Cc1oc(NC(=O)CN2CCC[C@@H]2Cn2cccn2)c(C#N)c1C. The van der Waals surface area contributed by atoms with Crippen LogP contribution in [-0.2, 0) is 11.3 Å². The molecule has 3 heterocycles. The molecule has 1 aliphatic rings. The van der Waals surface area contributed by atoms with Crippen LogP contribution in [0.25, 0.3) is 0 Å². The van der Waals surface area contributed by atoms with E-state index >= 15 is 0 Å². The molecule has 1 amide bonds. The van der Waals surface area contributed by atoms with Crippen molar-refractivity contribution in [3.8, 4) is 6.07 Å². The molecule has 2 aromatic heterocycles. The van der Waals surface area contributed by atoms with E-state index in [0.717, 1.165) is 31.5 Å². The average Bonchev–Trinajstić information content (AvgIpc) is 3.25. The predicted octanol–water partition coefficient (Wildman–Crippen LogP) is 2.07. The third-order valence-corrected chi connectivity index (χ3v) is 4.55. The van der Waals surface area contributed by atoms with Crippen LogP contribution >= 0.6 is 0 Å². The molecule has 0 aliphatic carbocycles. The van der Waals surface area contributed by atoms with E-state index in [1.807, 2.05) is 23.9 Å². The second-order valence-electron chi connectivity index (χ2n) is 6.14. The molecule has 1 aliphatic heterocycles. The van der Waals surface area contributed by atoms with Gasteiger partial charge in [-0.15, -0.1) is 0 Å². The van der Waals surface area contributed by atoms with Crippen LogP contribution in [0, 0.1) is 25.2 Å². The molecule has 1 N–H and O–H groups in total. The number of amides is 1. The second kappa shape index (κ2) is 6.89. The molecular formula is C17H21N5O2. The fraction of sp³-hybridized carbons (Fsp3) is 0.471. The highest BCUT2D eigenvalue weighted by molar-refractivity contribution is 5.92. The monoisotopic (exact) mass is 327 g/mol. The standard InChI is InChI=1S/C17H21N5O2/c1-12-13(2)24-17(15(12)9-18)20-16(23)11-21-7-3-5-14(21)10-22-8-4-6-19-22/h4,6,8,14H,3,5,7,10-11H2,1-2H3,(H,20,23)/t14-/m1/s1. The third-order valence-electron chi connectivity index (χ3n) is 4.55. The highest BCUT2D eigenvalue weighted by Crippen LogP contribution is 2.25. The molecule has 3 rings (SSSR count). The van der Waals surface area contributed by atoms with E-state index < -0.39 is 0 Å². The zero-order valence-corrected chi connectivity index (χ0v) is 14.0. The Labute approximate surface area is 140 Å². The normalized spacial score (nSPS) is 17.8. The number of furan rings is 1. The van der Waals surface area contributed by atoms with Gasteiger partial charge in [-0.05, 0) is 39.3 Å². The summed E-state index contributed by atoms with van der Waals surface area (Å²) in [4.78, 5) is 14.5. The number of likely N-dealkylation sites (tertiary alicyclic amines) is 1. The third kappa shape index (κ3) is 3.34. The number of aryl methyl sites for hydroxylation is 1. The molecule has 0 spiro atoms. The lowest BCUT2D eigenvalue weighted by Crippen LogP contribution is -2.39. The predicted molar refractivity (Wildman–Crippen MR) is 88.3 cm³/mol. The number of nitriles is 1. The number of carbonyl (C=O) groups excluding carboxylic acids is 1. The topological polar surface area (TPSA) is 87.1 Å². The first kappa shape index (κ1) is 16.3. The largest absolute Gasteiger partial charge is 0.444 e. The van der Waals surface area contributed by atoms with Gasteiger partial charge in [0.25, 0.3) is 0 Å². The molecule has 1 fully saturated rings. The number of nitrogens with zero attached hydrogens (tertiary/aromatic N) is 4. The molecule has 7 heteroatoms. The summed E-state index contributed by atoms with van der Waals surface area (Å²) in [5, 5.41) is 16.2. The van der Waals surface area contributed by atoms with Crippen molar-refractivity contribution in [3.63, 3.8) is 0 Å². The van der Waals surface area contributed by atoms with Crippen molar-refractivity contribution in [1.82, 2.24) is 14.7 Å². The van der Waals surface area contributed by atoms with Crippen LogP contribution in [-0.4, -0.2) is 39.7 Å². The first-order valence-electron chi connectivity index (χ1n) is 8.10. The summed E-state index contributed by atoms with van der Waals surface area (Å²) in [5.41, 5.74) is 1.17. The van der Waals surface area contributed by atoms with Crippen molar-refractivity contribution < 1.29 is 9.21 Å². The zero-order chi connectivity index (χ0) is 17.1. The van der Waals surface area contributed by atoms with Gasteiger partial charge in [0.2, 0.25) is 11.8 Å². The van der Waals surface area contributed by atoms with Crippen molar-refractivity contribution in [2.75, 3.05) is 18.4 Å². The molecule has 0 bridgehead atoms. The second-order valence-corrected chi connectivity index (χ2v) is 6.14. The fourth-order valence-corrected chi connectivity index (χ4v) is 3.13. The number of carbonyl (C=O) groups is 1. The van der Waals surface area contributed by atoms with Gasteiger partial charge in [0.1, 0.15) is 17.4 Å². The molecule has 1 saturated heterocycles. The quantitative estimate of drug-likeness (QED) is 0.908. The minimum atomic E-state index is -0.160. The van der Waals surface area contributed by atoms with E-state index in [4.69, 9.17) is 4.42 Å². The van der Waals surface area contributed by atoms with Gasteiger partial charge in [0, 0.05) is 24.0 Å². The van der Waals surface area contributed by atoms with Gasteiger partial charge < -0.3 is 4.42 Å². The van der Waals surface area contributed by atoms with Crippen molar-refractivity contribution >= 4 is 11.8 Å². The molecule has 1 atom stereocenters. The van der Waals surface area contributed by atoms with Crippen molar-refractivity contribution in [3.05, 3.63) is 35.3 Å². The number of aromatic nitrogens is 2. The van der Waals surface area contributed by atoms with E-state index in [1.54, 1.807) is 13.1 Å². The van der Waals surface area contributed by atoms with Crippen LogP contribution in [0.3, 0.4) is 0 Å². The Morgan fingerprint density at radius 1 is 1.54 bits per heavy atom. The van der Waals surface area contributed by atoms with Gasteiger partial charge in [0.15, 0.2) is 0 Å². The van der Waals surface area contributed by atoms with E-state index in [1.165, 1.54) is 0 Å². The van der Waals surface area contributed by atoms with E-state index in [-0.39, 0.29) is 18.3 Å². The minimum absolute atomic E-state index is 0.160. The lowest BCUT2D eigenvalue weighted by atomic mass is 10.2. The number of rotatable bonds is 5. The maximum atomic E-state index is 12.4. The van der Waals surface area contributed by atoms with Crippen LogP contribution < -0.4 is 5.32 Å². The lowest BCUT2D eigenvalue weighted by molar-refractivity contribution is -0.117. The highest BCUT2D eigenvalue weighted by atomic mass is 16.4. The summed E-state index contributed by atoms with van der Waals surface area (Å²) < 4.78 is 7.39. The van der Waals surface area contributed by atoms with E-state index in [2.05, 4.69) is 21.4 Å². The lowest BCUT2D eigenvalue weighted by Gasteiger charge is -2.23. The van der Waals surface area contributed by atoms with Crippen molar-refractivity contribution in [2.45, 2.75) is 39.3 Å². The molecule has 0 unspecified atom stereocenters. The molecule has 0 aromatic carbocycles. The summed E-state index contributed by atoms with van der Waals surface area (Å²) in [6.07, 6.45) is 5.82. The van der Waals surface area contributed by atoms with E-state index in [0.29, 0.717) is 17.4 Å². The Kier molecular flexibility index (Phi) is 4.67. The van der Waals surface area contributed by atoms with Crippen molar-refractivity contribution in [1.29, 1.82) is 5.26 Å². The van der Waals surface area contributed by atoms with Gasteiger partial charge >= 0.3 is 0 Å². The summed E-state index contributed by atoms with van der Waals surface area (Å²) in [6, 6.07) is 4.29. The summed E-state index contributed by atoms with van der Waals surface area (Å²) >= 11 is 0. The van der Waals surface area contributed by atoms with E-state index in [9.17, 15) is 10.1 Å². The highest BCUT2D eigenvalue weighted by Gasteiger charge is 2.27. The fourth-order valence-electron chi connectivity index (χ4n) is 3.13. The van der Waals surface area contributed by atoms with Crippen LogP contribution in [0.5, 0.6) is 0 Å². The number of nitrogens with one attached hydrogen (secondary N) is 1. The van der Waals surface area contributed by atoms with Gasteiger partial charge in [0.05, 0.1) is 13.1 Å². The zero-order valence-electron chi connectivity index (χ0n) is 14.0. The first-order valence-corrected chi connectivity index (χ1v) is 8.10. The van der Waals surface area contributed by atoms with Crippen LogP contribution in [0.15, 0.2) is 22.9 Å². The Hall–Kier alpha value is -2.59. The molecule has 0 radical (unpaired) electrons. The number of hydrogen-bond acceptors (Lipinski definition) is 5. The average molecular weight is 327 g/mol. The number of anilines is 1. The summed E-state index contributed by atoms with van der Waals surface area (Å²) in [7, 11) is 0. The van der Waals surface area contributed by atoms with Gasteiger partial charge in [-0.1, -0.05) is 0 Å².